The fraction of sp³-hybridized carbons (Fsp3) is 0.0833. The SMILES string of the molecule is Nc1ccc(C(c2ccc(N)cc2)c2ccc(O)cc2)cc1.O=C1OC(=O)C12C(=O)OC2=O. The first-order valence-corrected chi connectivity index (χ1v) is 9.76. The number of hydrogen-bond donors (Lipinski definition) is 3. The summed E-state index contributed by atoms with van der Waals surface area (Å²) < 4.78 is 7.68. The number of carbonyl (C=O) groups is 4. The zero-order valence-electron chi connectivity index (χ0n) is 17.1. The summed E-state index contributed by atoms with van der Waals surface area (Å²) in [4.78, 5) is 42.0. The van der Waals surface area contributed by atoms with Crippen LogP contribution in [-0.4, -0.2) is 29.0 Å². The van der Waals surface area contributed by atoms with E-state index in [4.69, 9.17) is 11.5 Å². The molecule has 166 valence electrons. The van der Waals surface area contributed by atoms with Crippen molar-refractivity contribution in [2.24, 2.45) is 5.41 Å². The Labute approximate surface area is 187 Å². The molecule has 1 spiro atoms. The van der Waals surface area contributed by atoms with Crippen LogP contribution in [0.2, 0.25) is 0 Å². The Morgan fingerprint density at radius 1 is 0.576 bits per heavy atom. The van der Waals surface area contributed by atoms with E-state index in [2.05, 4.69) is 9.47 Å². The van der Waals surface area contributed by atoms with Crippen molar-refractivity contribution in [1.82, 2.24) is 0 Å². The van der Waals surface area contributed by atoms with E-state index in [0.717, 1.165) is 28.1 Å². The topological polar surface area (TPSA) is 159 Å². The first-order chi connectivity index (χ1) is 15.7. The molecule has 2 saturated heterocycles. The maximum Gasteiger partial charge on any atom is 0.357 e. The number of phenolic OH excluding ortho intramolecular Hbond substituents is 1. The molecule has 3 aromatic rings. The number of aromatic hydroxyl groups is 1. The summed E-state index contributed by atoms with van der Waals surface area (Å²) in [5.74, 6) is -4.21. The Kier molecular flexibility index (Phi) is 5.31. The van der Waals surface area contributed by atoms with Crippen LogP contribution >= 0.6 is 0 Å². The van der Waals surface area contributed by atoms with Crippen molar-refractivity contribution in [3.63, 3.8) is 0 Å². The summed E-state index contributed by atoms with van der Waals surface area (Å²) in [6, 6.07) is 23.0. The molecular formula is C24H18N2O7. The van der Waals surface area contributed by atoms with Crippen LogP contribution in [0, 0.1) is 5.41 Å². The van der Waals surface area contributed by atoms with Crippen LogP contribution in [0.15, 0.2) is 72.8 Å². The van der Waals surface area contributed by atoms with Crippen molar-refractivity contribution in [2.75, 3.05) is 11.5 Å². The molecule has 33 heavy (non-hydrogen) atoms. The van der Waals surface area contributed by atoms with E-state index in [0.29, 0.717) is 0 Å². The molecule has 0 atom stereocenters. The van der Waals surface area contributed by atoms with E-state index in [1.165, 1.54) is 0 Å². The molecule has 9 nitrogen and oxygen atoms in total. The number of esters is 4. The molecule has 9 heteroatoms. The minimum absolute atomic E-state index is 0.0711. The van der Waals surface area contributed by atoms with Crippen molar-refractivity contribution in [3.05, 3.63) is 89.5 Å². The molecular weight excluding hydrogens is 428 g/mol. The van der Waals surface area contributed by atoms with Crippen LogP contribution in [0.1, 0.15) is 22.6 Å². The minimum Gasteiger partial charge on any atom is -0.508 e. The van der Waals surface area contributed by atoms with E-state index in [-0.39, 0.29) is 11.7 Å². The van der Waals surface area contributed by atoms with Gasteiger partial charge in [-0.1, -0.05) is 36.4 Å². The number of phenols is 1. The van der Waals surface area contributed by atoms with Crippen LogP contribution in [0.3, 0.4) is 0 Å². The third-order valence-corrected chi connectivity index (χ3v) is 5.36. The monoisotopic (exact) mass is 446 g/mol. The zero-order valence-corrected chi connectivity index (χ0v) is 17.1. The van der Waals surface area contributed by atoms with Crippen LogP contribution in [-0.2, 0) is 28.7 Å². The standard InChI is InChI=1S/C19H18N2O.C5O6/c20-16-7-1-13(2-8-16)19(14-3-9-17(21)10-4-14)15-5-11-18(22)12-6-15;6-1-5(2(7)10-1)3(8)11-4(5)9/h1-12,19,22H,20-21H2;. The molecule has 0 bridgehead atoms. The third-order valence-electron chi connectivity index (χ3n) is 5.36. The molecule has 0 amide bonds. The van der Waals surface area contributed by atoms with Crippen LogP contribution < -0.4 is 11.5 Å². The number of carbonyl (C=O) groups excluding carboxylic acids is 4. The van der Waals surface area contributed by atoms with Crippen molar-refractivity contribution in [3.8, 4) is 5.75 Å². The Bertz CT molecular complexity index is 1080. The molecule has 3 aromatic carbocycles. The number of cyclic esters (lactones) is 4. The van der Waals surface area contributed by atoms with E-state index in [1.54, 1.807) is 12.1 Å². The van der Waals surface area contributed by atoms with Gasteiger partial charge in [0.15, 0.2) is 0 Å². The number of ether oxygens (including phenoxy) is 2. The second-order valence-electron chi connectivity index (χ2n) is 7.46. The average molecular weight is 446 g/mol. The molecule has 0 saturated carbocycles. The lowest BCUT2D eigenvalue weighted by molar-refractivity contribution is -0.223. The molecule has 0 aromatic heterocycles. The van der Waals surface area contributed by atoms with Gasteiger partial charge in [-0.05, 0) is 53.1 Å². The van der Waals surface area contributed by atoms with Gasteiger partial charge in [0, 0.05) is 17.3 Å². The number of nitrogen functional groups attached to an aromatic ring is 2. The van der Waals surface area contributed by atoms with E-state index in [1.807, 2.05) is 60.7 Å². The van der Waals surface area contributed by atoms with Gasteiger partial charge in [0.05, 0.1) is 0 Å². The second-order valence-corrected chi connectivity index (χ2v) is 7.46. The largest absolute Gasteiger partial charge is 0.508 e. The maximum atomic E-state index is 10.5. The fourth-order valence-electron chi connectivity index (χ4n) is 3.50. The predicted octanol–water partition coefficient (Wildman–Crippen LogP) is 1.88. The summed E-state index contributed by atoms with van der Waals surface area (Å²) in [5.41, 5.74) is 14.2. The zero-order chi connectivity index (χ0) is 23.8. The highest BCUT2D eigenvalue weighted by Gasteiger charge is 2.80. The van der Waals surface area contributed by atoms with Gasteiger partial charge >= 0.3 is 29.3 Å². The summed E-state index contributed by atoms with van der Waals surface area (Å²) in [6.45, 7) is 0. The molecule has 2 heterocycles. The second kappa shape index (κ2) is 8.12. The van der Waals surface area contributed by atoms with Gasteiger partial charge in [0.1, 0.15) is 5.75 Å². The molecule has 2 aliphatic heterocycles. The highest BCUT2D eigenvalue weighted by atomic mass is 16.7. The minimum atomic E-state index is -2.22. The van der Waals surface area contributed by atoms with Crippen LogP contribution in [0.5, 0.6) is 5.75 Å². The molecule has 2 aliphatic rings. The van der Waals surface area contributed by atoms with E-state index < -0.39 is 29.3 Å². The number of hydrogen-bond acceptors (Lipinski definition) is 9. The molecule has 0 aliphatic carbocycles. The molecule has 5 N–H and O–H groups in total. The fourth-order valence-corrected chi connectivity index (χ4v) is 3.50. The molecule has 0 unspecified atom stereocenters. The van der Waals surface area contributed by atoms with Crippen molar-refractivity contribution in [1.29, 1.82) is 0 Å². The van der Waals surface area contributed by atoms with Gasteiger partial charge in [-0.25, -0.2) is 19.2 Å². The first kappa shape index (κ1) is 21.6. The lowest BCUT2D eigenvalue weighted by Crippen LogP contribution is -2.71. The van der Waals surface area contributed by atoms with Gasteiger partial charge in [0.2, 0.25) is 0 Å². The van der Waals surface area contributed by atoms with Crippen LogP contribution in [0.4, 0.5) is 11.4 Å². The summed E-state index contributed by atoms with van der Waals surface area (Å²) in [6.07, 6.45) is 0. The number of anilines is 2. The Balaban J connectivity index is 0.000000196. The number of rotatable bonds is 3. The lowest BCUT2D eigenvalue weighted by atomic mass is 9.80. The number of nitrogens with two attached hydrogens (primary N) is 2. The van der Waals surface area contributed by atoms with Gasteiger partial charge in [-0.15, -0.1) is 0 Å². The Morgan fingerprint density at radius 3 is 1.15 bits per heavy atom. The van der Waals surface area contributed by atoms with E-state index in [9.17, 15) is 24.3 Å². The van der Waals surface area contributed by atoms with Gasteiger partial charge in [-0.2, -0.15) is 0 Å². The summed E-state index contributed by atoms with van der Waals surface area (Å²) in [7, 11) is 0. The van der Waals surface area contributed by atoms with Gasteiger partial charge < -0.3 is 26.0 Å². The normalized spacial score (nSPS) is 15.7. The highest BCUT2D eigenvalue weighted by molar-refractivity contribution is 6.46. The van der Waals surface area contributed by atoms with Gasteiger partial charge in [0.25, 0.3) is 0 Å². The lowest BCUT2D eigenvalue weighted by Gasteiger charge is -2.36. The summed E-state index contributed by atoms with van der Waals surface area (Å²) in [5, 5.41) is 9.52. The highest BCUT2D eigenvalue weighted by Crippen LogP contribution is 2.40. The average Bonchev–Trinajstić information content (AvgIpc) is 2.78. The number of benzene rings is 3. The van der Waals surface area contributed by atoms with Crippen LogP contribution in [0.25, 0.3) is 0 Å². The Morgan fingerprint density at radius 2 is 0.879 bits per heavy atom. The summed E-state index contributed by atoms with van der Waals surface area (Å²) >= 11 is 0. The predicted molar refractivity (Wildman–Crippen MR) is 115 cm³/mol. The molecule has 5 rings (SSSR count). The van der Waals surface area contributed by atoms with Crippen molar-refractivity contribution >= 4 is 35.3 Å². The first-order valence-electron chi connectivity index (χ1n) is 9.76. The Hall–Kier alpha value is -4.66. The van der Waals surface area contributed by atoms with Crippen molar-refractivity contribution < 1.29 is 33.8 Å². The smallest absolute Gasteiger partial charge is 0.357 e. The van der Waals surface area contributed by atoms with Crippen molar-refractivity contribution in [2.45, 2.75) is 5.92 Å². The van der Waals surface area contributed by atoms with Gasteiger partial charge in [-0.3, -0.25) is 0 Å². The van der Waals surface area contributed by atoms with E-state index >= 15 is 0 Å². The molecule has 0 radical (unpaired) electrons. The maximum absolute atomic E-state index is 10.5. The molecule has 2 fully saturated rings. The quantitative estimate of drug-likeness (QED) is 0.236. The third kappa shape index (κ3) is 3.65.